The summed E-state index contributed by atoms with van der Waals surface area (Å²) in [6.07, 6.45) is -2.45. The van der Waals surface area contributed by atoms with E-state index in [1.54, 1.807) is 18.2 Å². The molecule has 4 heterocycles. The summed E-state index contributed by atoms with van der Waals surface area (Å²) in [6, 6.07) is 13.7. The summed E-state index contributed by atoms with van der Waals surface area (Å²) in [5.74, 6) is 0.172. The second-order valence-corrected chi connectivity index (χ2v) is 11.7. The number of rotatable bonds is 9. The number of amides is 1. The average molecular weight is 633 g/mol. The van der Waals surface area contributed by atoms with Gasteiger partial charge in [-0.1, -0.05) is 0 Å². The molecule has 0 aliphatic carbocycles. The SMILES string of the molecule is Cc1cc(Nc2ncnc(-c3ccc(OC4CCN(C(=O)C(O)CO)CC4F)c(C#N)c3)n2)ccc1N1CCN(C2COC2)CC1. The third kappa shape index (κ3) is 6.87. The van der Waals surface area contributed by atoms with Crippen LogP contribution in [-0.4, -0.2) is 124 Å². The Morgan fingerprint density at radius 3 is 2.65 bits per heavy atom. The van der Waals surface area contributed by atoms with Crippen LogP contribution in [0.4, 0.5) is 21.7 Å². The molecule has 13 nitrogen and oxygen atoms in total. The van der Waals surface area contributed by atoms with E-state index in [9.17, 15) is 19.6 Å². The molecular formula is C32H37FN8O5. The van der Waals surface area contributed by atoms with Gasteiger partial charge in [-0.05, 0) is 48.9 Å². The number of likely N-dealkylation sites (tertiary alicyclic amines) is 1. The smallest absolute Gasteiger partial charge is 0.253 e. The molecule has 3 aromatic rings. The van der Waals surface area contributed by atoms with Gasteiger partial charge in [0.05, 0.1) is 38.0 Å². The van der Waals surface area contributed by atoms with Gasteiger partial charge in [0.25, 0.3) is 5.91 Å². The highest BCUT2D eigenvalue weighted by molar-refractivity contribution is 5.81. The molecule has 3 fully saturated rings. The maximum absolute atomic E-state index is 14.9. The number of aliphatic hydroxyl groups is 2. The van der Waals surface area contributed by atoms with Crippen LogP contribution in [0, 0.1) is 18.3 Å². The fourth-order valence-electron chi connectivity index (χ4n) is 6.00. The predicted molar refractivity (Wildman–Crippen MR) is 166 cm³/mol. The quantitative estimate of drug-likeness (QED) is 0.314. The first kappa shape index (κ1) is 31.6. The Balaban J connectivity index is 1.09. The lowest BCUT2D eigenvalue weighted by Gasteiger charge is -2.43. The van der Waals surface area contributed by atoms with Crippen LogP contribution in [0.25, 0.3) is 11.4 Å². The van der Waals surface area contributed by atoms with Crippen LogP contribution in [0.15, 0.2) is 42.7 Å². The summed E-state index contributed by atoms with van der Waals surface area (Å²) in [7, 11) is 0. The normalized spacial score (nSPS) is 21.3. The number of nitrogens with zero attached hydrogens (tertiary/aromatic N) is 7. The van der Waals surface area contributed by atoms with Gasteiger partial charge in [-0.15, -0.1) is 0 Å². The number of hydrogen-bond acceptors (Lipinski definition) is 12. The van der Waals surface area contributed by atoms with Crippen LogP contribution >= 0.6 is 0 Å². The third-order valence-electron chi connectivity index (χ3n) is 8.70. The zero-order chi connectivity index (χ0) is 32.2. The highest BCUT2D eigenvalue weighted by Gasteiger charge is 2.35. The van der Waals surface area contributed by atoms with Crippen LogP contribution < -0.4 is 15.0 Å². The molecule has 3 saturated heterocycles. The number of ether oxygens (including phenoxy) is 2. The molecule has 6 rings (SSSR count). The number of nitriles is 1. The second-order valence-electron chi connectivity index (χ2n) is 11.7. The number of carbonyl (C=O) groups is 1. The number of anilines is 3. The van der Waals surface area contributed by atoms with Gasteiger partial charge in [0, 0.05) is 56.1 Å². The Bertz CT molecular complexity index is 1590. The Morgan fingerprint density at radius 1 is 1.17 bits per heavy atom. The molecule has 3 atom stereocenters. The monoisotopic (exact) mass is 632 g/mol. The Labute approximate surface area is 266 Å². The van der Waals surface area contributed by atoms with E-state index in [0.717, 1.165) is 55.5 Å². The minimum absolute atomic E-state index is 0.150. The lowest BCUT2D eigenvalue weighted by molar-refractivity contribution is -0.146. The zero-order valence-corrected chi connectivity index (χ0v) is 25.5. The van der Waals surface area contributed by atoms with Gasteiger partial charge in [0.1, 0.15) is 24.3 Å². The molecule has 0 saturated carbocycles. The van der Waals surface area contributed by atoms with E-state index < -0.39 is 30.9 Å². The number of hydrogen-bond donors (Lipinski definition) is 3. The van der Waals surface area contributed by atoms with Crippen LogP contribution in [0.5, 0.6) is 5.75 Å². The first-order valence-electron chi connectivity index (χ1n) is 15.4. The van der Waals surface area contributed by atoms with E-state index in [4.69, 9.17) is 14.6 Å². The summed E-state index contributed by atoms with van der Waals surface area (Å²) in [5.41, 5.74) is 3.93. The lowest BCUT2D eigenvalue weighted by Crippen LogP contribution is -2.56. The van der Waals surface area contributed by atoms with Crippen LogP contribution in [0.1, 0.15) is 17.5 Å². The number of piperazine rings is 1. The van der Waals surface area contributed by atoms with Crippen molar-refractivity contribution in [3.63, 3.8) is 0 Å². The van der Waals surface area contributed by atoms with E-state index in [1.165, 1.54) is 12.0 Å². The first-order valence-corrected chi connectivity index (χ1v) is 15.4. The minimum atomic E-state index is -1.58. The fraction of sp³-hybridized carbons (Fsp3) is 0.469. The Kier molecular flexibility index (Phi) is 9.55. The number of benzene rings is 2. The number of aryl methyl sites for hydroxylation is 1. The summed E-state index contributed by atoms with van der Waals surface area (Å²) >= 11 is 0. The third-order valence-corrected chi connectivity index (χ3v) is 8.70. The number of alkyl halides is 1. The molecule has 2 aromatic carbocycles. The first-order chi connectivity index (χ1) is 22.3. The number of aromatic nitrogens is 3. The van der Waals surface area contributed by atoms with Crippen molar-refractivity contribution in [2.45, 2.75) is 37.8 Å². The molecule has 3 aliphatic heterocycles. The van der Waals surface area contributed by atoms with Crippen molar-refractivity contribution < 1.29 is 28.9 Å². The van der Waals surface area contributed by atoms with E-state index in [2.05, 4.69) is 55.2 Å². The number of piperidine rings is 1. The van der Waals surface area contributed by atoms with Gasteiger partial charge in [-0.25, -0.2) is 14.4 Å². The van der Waals surface area contributed by atoms with Gasteiger partial charge in [0.15, 0.2) is 18.1 Å². The van der Waals surface area contributed by atoms with Crippen LogP contribution in [0.2, 0.25) is 0 Å². The maximum Gasteiger partial charge on any atom is 0.253 e. The highest BCUT2D eigenvalue weighted by Crippen LogP contribution is 2.30. The van der Waals surface area contributed by atoms with Gasteiger partial charge in [0.2, 0.25) is 5.95 Å². The molecule has 14 heteroatoms. The van der Waals surface area contributed by atoms with E-state index in [-0.39, 0.29) is 30.8 Å². The van der Waals surface area contributed by atoms with Gasteiger partial charge in [-0.3, -0.25) is 9.69 Å². The number of carbonyl (C=O) groups excluding carboxylic acids is 1. The Hall–Kier alpha value is -4.42. The van der Waals surface area contributed by atoms with Crippen LogP contribution in [0.3, 0.4) is 0 Å². The molecule has 0 bridgehead atoms. The number of nitrogens with one attached hydrogen (secondary N) is 1. The lowest BCUT2D eigenvalue weighted by atomic mass is 10.0. The molecule has 1 amide bonds. The molecule has 3 unspecified atom stereocenters. The molecule has 0 radical (unpaired) electrons. The van der Waals surface area contributed by atoms with Gasteiger partial charge < -0.3 is 34.8 Å². The molecule has 1 aromatic heterocycles. The van der Waals surface area contributed by atoms with E-state index in [1.807, 2.05) is 6.07 Å². The van der Waals surface area contributed by atoms with E-state index >= 15 is 0 Å². The minimum Gasteiger partial charge on any atom is -0.486 e. The van der Waals surface area contributed by atoms with Crippen molar-refractivity contribution in [1.29, 1.82) is 5.26 Å². The standard InChI is InChI=1S/C32H37FN8O5/c1-20-12-23(3-4-26(20)40-10-8-39(9-11-40)24-17-45-18-24)37-32-36-19-35-30(38-32)21-2-5-28(22(13-21)14-34)46-29-6-7-41(15-25(29)33)31(44)27(43)16-42/h2-5,12-13,19,24-25,27,29,42-43H,6-11,15-18H2,1H3,(H,35,36,37,38). The van der Waals surface area contributed by atoms with Gasteiger partial charge >= 0.3 is 0 Å². The number of halogens is 1. The summed E-state index contributed by atoms with van der Waals surface area (Å²) in [4.78, 5) is 31.3. The van der Waals surface area contributed by atoms with Crippen molar-refractivity contribution in [2.75, 3.05) is 69.3 Å². The number of aliphatic hydroxyl groups excluding tert-OH is 2. The molecule has 0 spiro atoms. The molecule has 46 heavy (non-hydrogen) atoms. The summed E-state index contributed by atoms with van der Waals surface area (Å²) < 4.78 is 26.1. The topological polar surface area (TPSA) is 160 Å². The predicted octanol–water partition coefficient (Wildman–Crippen LogP) is 1.65. The zero-order valence-electron chi connectivity index (χ0n) is 25.5. The largest absolute Gasteiger partial charge is 0.486 e. The average Bonchev–Trinajstić information content (AvgIpc) is 3.05. The second kappa shape index (κ2) is 13.9. The summed E-state index contributed by atoms with van der Waals surface area (Å²) in [5, 5.41) is 31.7. The van der Waals surface area contributed by atoms with Crippen LogP contribution in [-0.2, 0) is 9.53 Å². The molecular weight excluding hydrogens is 595 g/mol. The highest BCUT2D eigenvalue weighted by atomic mass is 19.1. The van der Waals surface area contributed by atoms with Crippen molar-refractivity contribution in [3.05, 3.63) is 53.9 Å². The van der Waals surface area contributed by atoms with E-state index in [0.29, 0.717) is 23.4 Å². The fourth-order valence-corrected chi connectivity index (χ4v) is 6.00. The molecule has 242 valence electrons. The molecule has 3 N–H and O–H groups in total. The van der Waals surface area contributed by atoms with Crippen molar-refractivity contribution in [1.82, 2.24) is 24.8 Å². The summed E-state index contributed by atoms with van der Waals surface area (Å²) in [6.45, 7) is 6.90. The van der Waals surface area contributed by atoms with Crippen molar-refractivity contribution >= 4 is 23.2 Å². The Morgan fingerprint density at radius 2 is 1.98 bits per heavy atom. The molecule has 3 aliphatic rings. The van der Waals surface area contributed by atoms with Gasteiger partial charge in [-0.2, -0.15) is 10.2 Å². The van der Waals surface area contributed by atoms with Crippen molar-refractivity contribution in [3.8, 4) is 23.2 Å². The maximum atomic E-state index is 14.9. The van der Waals surface area contributed by atoms with Crippen molar-refractivity contribution in [2.24, 2.45) is 0 Å².